The smallest absolute Gasteiger partial charge is 0.240 e. The molecule has 1 amide bonds. The Hall–Kier alpha value is -3.55. The summed E-state index contributed by atoms with van der Waals surface area (Å²) in [5.41, 5.74) is 10.3. The highest BCUT2D eigenvalue weighted by Gasteiger charge is 2.39. The minimum absolute atomic E-state index is 0.0617. The minimum Gasteiger partial charge on any atom is -0.341 e. The topological polar surface area (TPSA) is 64.8 Å². The van der Waals surface area contributed by atoms with E-state index in [1.807, 2.05) is 66.6 Å². The molecule has 2 atom stereocenters. The molecule has 3 N–H and O–H groups in total. The lowest BCUT2D eigenvalue weighted by Crippen LogP contribution is -2.59. The lowest BCUT2D eigenvalue weighted by Gasteiger charge is -2.43. The minimum atomic E-state index is -0.612. The number of amides is 1. The fourth-order valence-electron chi connectivity index (χ4n) is 4.72. The van der Waals surface area contributed by atoms with Crippen LogP contribution in [0.1, 0.15) is 11.1 Å². The number of piperazine rings is 1. The second-order valence-corrected chi connectivity index (χ2v) is 9.72. The van der Waals surface area contributed by atoms with E-state index in [0.717, 1.165) is 22.8 Å². The Kier molecular flexibility index (Phi) is 6.85. The summed E-state index contributed by atoms with van der Waals surface area (Å²) in [4.78, 5) is 19.5. The summed E-state index contributed by atoms with van der Waals surface area (Å²) in [6.45, 7) is 3.71. The maximum absolute atomic E-state index is 13.6. The van der Waals surface area contributed by atoms with Crippen molar-refractivity contribution in [3.63, 3.8) is 0 Å². The van der Waals surface area contributed by atoms with Crippen LogP contribution in [0.5, 0.6) is 0 Å². The van der Waals surface area contributed by atoms with Gasteiger partial charge in [-0.25, -0.2) is 4.39 Å². The molecular formula is C28H29ClFN5O. The monoisotopic (exact) mass is 505 g/mol. The summed E-state index contributed by atoms with van der Waals surface area (Å²) < 4.78 is 13.6. The van der Waals surface area contributed by atoms with Gasteiger partial charge in [0.1, 0.15) is 17.8 Å². The van der Waals surface area contributed by atoms with Crippen LogP contribution in [0.4, 0.5) is 15.8 Å². The number of carbonyl (C=O) groups is 1. The van der Waals surface area contributed by atoms with Crippen LogP contribution in [-0.2, 0) is 11.2 Å². The number of halogens is 2. The Bertz CT molecular complexity index is 1250. The van der Waals surface area contributed by atoms with Crippen molar-refractivity contribution >= 4 is 28.9 Å². The third kappa shape index (κ3) is 5.17. The van der Waals surface area contributed by atoms with Gasteiger partial charge in [-0.15, -0.1) is 0 Å². The van der Waals surface area contributed by atoms with Crippen LogP contribution in [0.2, 0.25) is 5.02 Å². The summed E-state index contributed by atoms with van der Waals surface area (Å²) in [6, 6.07) is 21.4. The van der Waals surface area contributed by atoms with E-state index in [0.29, 0.717) is 31.1 Å². The molecule has 2 heterocycles. The molecule has 1 fully saturated rings. The lowest BCUT2D eigenvalue weighted by molar-refractivity contribution is -0.135. The molecule has 0 aromatic heterocycles. The number of rotatable bonds is 6. The van der Waals surface area contributed by atoms with Crippen molar-refractivity contribution in [3.05, 3.63) is 107 Å². The standard InChI is InChI=1S/C28H29ClFN5O/c1-19-2-4-20(5-3-19)16-25(31)28(36)33-14-15-34-26(32-23-10-6-21(29)7-11-23)17-35(27(34)18-33)24-12-8-22(30)9-13-24/h2-13,17,25,27,32H,14-16,18,31H2,1H3/t25-,27?/m0/s1. The Balaban J connectivity index is 1.34. The van der Waals surface area contributed by atoms with Gasteiger partial charge in [0.15, 0.2) is 0 Å². The maximum Gasteiger partial charge on any atom is 0.240 e. The molecule has 1 saturated heterocycles. The van der Waals surface area contributed by atoms with Crippen molar-refractivity contribution in [2.75, 3.05) is 29.9 Å². The first kappa shape index (κ1) is 24.2. The Labute approximate surface area is 215 Å². The molecule has 3 aromatic carbocycles. The third-order valence-corrected chi connectivity index (χ3v) is 6.94. The average Bonchev–Trinajstić information content (AvgIpc) is 3.24. The van der Waals surface area contributed by atoms with Crippen LogP contribution in [0.15, 0.2) is 84.8 Å². The molecule has 2 aliphatic rings. The van der Waals surface area contributed by atoms with E-state index in [9.17, 15) is 9.18 Å². The normalized spacial score (nSPS) is 18.1. The second-order valence-electron chi connectivity index (χ2n) is 9.28. The SMILES string of the molecule is Cc1ccc(C[C@H](N)C(=O)N2CCN3C(Nc4ccc(Cl)cc4)=CN(c4ccc(F)cc4)C3C2)cc1. The number of nitrogens with one attached hydrogen (secondary N) is 1. The van der Waals surface area contributed by atoms with Gasteiger partial charge in [0.05, 0.1) is 12.6 Å². The van der Waals surface area contributed by atoms with Gasteiger partial charge in [-0.05, 0) is 67.4 Å². The van der Waals surface area contributed by atoms with E-state index < -0.39 is 6.04 Å². The molecule has 6 nitrogen and oxygen atoms in total. The number of fused-ring (bicyclic) bond motifs is 1. The molecule has 8 heteroatoms. The van der Waals surface area contributed by atoms with Gasteiger partial charge in [-0.2, -0.15) is 0 Å². The quantitative estimate of drug-likeness (QED) is 0.514. The largest absolute Gasteiger partial charge is 0.341 e. The number of aryl methyl sites for hydroxylation is 1. The highest BCUT2D eigenvalue weighted by molar-refractivity contribution is 6.30. The molecule has 0 spiro atoms. The molecule has 5 rings (SSSR count). The Morgan fingerprint density at radius 2 is 1.75 bits per heavy atom. The summed E-state index contributed by atoms with van der Waals surface area (Å²) in [6.07, 6.45) is 2.36. The van der Waals surface area contributed by atoms with E-state index >= 15 is 0 Å². The van der Waals surface area contributed by atoms with Crippen molar-refractivity contribution in [3.8, 4) is 0 Å². The van der Waals surface area contributed by atoms with E-state index in [2.05, 4.69) is 15.1 Å². The number of hydrogen-bond acceptors (Lipinski definition) is 5. The van der Waals surface area contributed by atoms with Crippen LogP contribution in [0, 0.1) is 12.7 Å². The van der Waals surface area contributed by atoms with E-state index in [4.69, 9.17) is 17.3 Å². The van der Waals surface area contributed by atoms with Crippen LogP contribution in [0.25, 0.3) is 0 Å². The van der Waals surface area contributed by atoms with Crippen LogP contribution >= 0.6 is 11.6 Å². The molecule has 0 saturated carbocycles. The van der Waals surface area contributed by atoms with Crippen LogP contribution in [-0.4, -0.2) is 47.5 Å². The van der Waals surface area contributed by atoms with Gasteiger partial charge in [0.2, 0.25) is 5.91 Å². The number of hydrogen-bond donors (Lipinski definition) is 2. The number of anilines is 2. The van der Waals surface area contributed by atoms with Gasteiger partial charge in [-0.1, -0.05) is 41.4 Å². The maximum atomic E-state index is 13.6. The Morgan fingerprint density at radius 1 is 1.06 bits per heavy atom. The molecule has 0 radical (unpaired) electrons. The zero-order chi connectivity index (χ0) is 25.2. The molecule has 36 heavy (non-hydrogen) atoms. The highest BCUT2D eigenvalue weighted by Crippen LogP contribution is 2.32. The lowest BCUT2D eigenvalue weighted by atomic mass is 10.0. The molecular weight excluding hydrogens is 477 g/mol. The van der Waals surface area contributed by atoms with E-state index in [1.54, 1.807) is 12.1 Å². The highest BCUT2D eigenvalue weighted by atomic mass is 35.5. The van der Waals surface area contributed by atoms with Crippen molar-refractivity contribution in [2.45, 2.75) is 25.6 Å². The van der Waals surface area contributed by atoms with Crippen molar-refractivity contribution in [1.29, 1.82) is 0 Å². The fraction of sp³-hybridized carbons (Fsp3) is 0.250. The van der Waals surface area contributed by atoms with Gasteiger partial charge in [-0.3, -0.25) is 4.79 Å². The van der Waals surface area contributed by atoms with Crippen molar-refractivity contribution in [1.82, 2.24) is 9.80 Å². The number of carbonyl (C=O) groups excluding carboxylic acids is 1. The number of benzene rings is 3. The van der Waals surface area contributed by atoms with Crippen LogP contribution < -0.4 is 16.0 Å². The zero-order valence-electron chi connectivity index (χ0n) is 20.1. The number of nitrogens with two attached hydrogens (primary N) is 1. The van der Waals surface area contributed by atoms with E-state index in [1.165, 1.54) is 17.7 Å². The molecule has 0 bridgehead atoms. The molecule has 2 aliphatic heterocycles. The second kappa shape index (κ2) is 10.2. The number of nitrogens with zero attached hydrogens (tertiary/aromatic N) is 3. The first-order valence-corrected chi connectivity index (χ1v) is 12.4. The first-order chi connectivity index (χ1) is 17.4. The third-order valence-electron chi connectivity index (χ3n) is 6.69. The predicted octanol–water partition coefficient (Wildman–Crippen LogP) is 4.56. The van der Waals surface area contributed by atoms with Gasteiger partial charge in [0, 0.05) is 35.7 Å². The Morgan fingerprint density at radius 3 is 2.44 bits per heavy atom. The summed E-state index contributed by atoms with van der Waals surface area (Å²) in [5.74, 6) is 0.553. The molecule has 186 valence electrons. The van der Waals surface area contributed by atoms with Gasteiger partial charge < -0.3 is 25.8 Å². The summed E-state index contributed by atoms with van der Waals surface area (Å²) >= 11 is 6.04. The van der Waals surface area contributed by atoms with Crippen molar-refractivity contribution < 1.29 is 9.18 Å². The molecule has 3 aromatic rings. The fourth-order valence-corrected chi connectivity index (χ4v) is 4.85. The summed E-state index contributed by atoms with van der Waals surface area (Å²) in [5, 5.41) is 4.13. The van der Waals surface area contributed by atoms with E-state index in [-0.39, 0.29) is 17.9 Å². The van der Waals surface area contributed by atoms with Crippen molar-refractivity contribution in [2.24, 2.45) is 5.73 Å². The zero-order valence-corrected chi connectivity index (χ0v) is 20.8. The van der Waals surface area contributed by atoms with Crippen LogP contribution in [0.3, 0.4) is 0 Å². The van der Waals surface area contributed by atoms with Gasteiger partial charge in [0.25, 0.3) is 0 Å². The average molecular weight is 506 g/mol. The first-order valence-electron chi connectivity index (χ1n) is 12.0. The molecule has 0 aliphatic carbocycles. The summed E-state index contributed by atoms with van der Waals surface area (Å²) in [7, 11) is 0. The molecule has 1 unspecified atom stereocenters. The van der Waals surface area contributed by atoms with Gasteiger partial charge >= 0.3 is 0 Å². The predicted molar refractivity (Wildman–Crippen MR) is 142 cm³/mol.